The van der Waals surface area contributed by atoms with Crippen molar-refractivity contribution in [2.24, 2.45) is 0 Å². The maximum atomic E-state index is 11.4. The first-order valence-corrected chi connectivity index (χ1v) is 4.34. The summed E-state index contributed by atoms with van der Waals surface area (Å²) >= 11 is 0. The fourth-order valence-electron chi connectivity index (χ4n) is 0.963. The first-order valence-electron chi connectivity index (χ1n) is 4.34. The maximum Gasteiger partial charge on any atom is 0.433 e. The molecule has 0 saturated carbocycles. The van der Waals surface area contributed by atoms with Crippen LogP contribution in [0.25, 0.3) is 0 Å². The summed E-state index contributed by atoms with van der Waals surface area (Å²) in [6.45, 7) is -0.802. The van der Waals surface area contributed by atoms with Gasteiger partial charge in [0.05, 0.1) is 12.7 Å². The lowest BCUT2D eigenvalue weighted by atomic mass is 10.3. The van der Waals surface area contributed by atoms with Crippen molar-refractivity contribution in [1.29, 1.82) is 0 Å². The molecule has 0 saturated heterocycles. The van der Waals surface area contributed by atoms with E-state index in [1.807, 2.05) is 5.32 Å². The molecule has 0 spiro atoms. The van der Waals surface area contributed by atoms with E-state index < -0.39 is 41.1 Å². The Labute approximate surface area is 93.8 Å². The van der Waals surface area contributed by atoms with Gasteiger partial charge in [0.2, 0.25) is 0 Å². The van der Waals surface area contributed by atoms with Gasteiger partial charge in [-0.1, -0.05) is 0 Å². The van der Waals surface area contributed by atoms with Crippen LogP contribution in [0, 0.1) is 10.1 Å². The standard InChI is InChI=1S/C8H8N2O7/c11-3-4(8(13)14)9-7(12)5-1-2-6(17-5)10(15)16/h1-2,4,11H,3H2,(H,9,12)(H,13,14)/t4-/m1/s1. The third-order valence-corrected chi connectivity index (χ3v) is 1.78. The molecule has 0 bridgehead atoms. The number of nitro groups is 1. The summed E-state index contributed by atoms with van der Waals surface area (Å²) in [6.07, 6.45) is 0. The average molecular weight is 244 g/mol. The number of carboxylic acid groups (broad SMARTS) is 1. The van der Waals surface area contributed by atoms with E-state index in [-0.39, 0.29) is 0 Å². The van der Waals surface area contributed by atoms with E-state index in [2.05, 4.69) is 4.42 Å². The van der Waals surface area contributed by atoms with E-state index >= 15 is 0 Å². The van der Waals surface area contributed by atoms with Gasteiger partial charge in [-0.05, 0) is 6.07 Å². The zero-order valence-electron chi connectivity index (χ0n) is 8.32. The molecule has 1 atom stereocenters. The number of amides is 1. The van der Waals surface area contributed by atoms with Gasteiger partial charge >= 0.3 is 11.9 Å². The van der Waals surface area contributed by atoms with Gasteiger partial charge < -0.3 is 19.9 Å². The van der Waals surface area contributed by atoms with Crippen LogP contribution in [-0.4, -0.2) is 39.7 Å². The Bertz CT molecular complexity index is 452. The molecule has 0 aliphatic rings. The van der Waals surface area contributed by atoms with Gasteiger partial charge in [0, 0.05) is 0 Å². The minimum Gasteiger partial charge on any atom is -0.480 e. The van der Waals surface area contributed by atoms with Gasteiger partial charge in [0.25, 0.3) is 5.91 Å². The number of carbonyl (C=O) groups excluding carboxylic acids is 1. The number of nitrogens with one attached hydrogen (secondary N) is 1. The Morgan fingerprint density at radius 3 is 2.59 bits per heavy atom. The molecule has 0 radical (unpaired) electrons. The van der Waals surface area contributed by atoms with Crippen LogP contribution in [0.4, 0.5) is 5.88 Å². The minimum atomic E-state index is -1.49. The number of furan rings is 1. The lowest BCUT2D eigenvalue weighted by Gasteiger charge is -2.09. The van der Waals surface area contributed by atoms with Crippen LogP contribution in [0.2, 0.25) is 0 Å². The molecule has 0 aliphatic heterocycles. The van der Waals surface area contributed by atoms with Crippen molar-refractivity contribution in [3.8, 4) is 0 Å². The van der Waals surface area contributed by atoms with Crippen molar-refractivity contribution in [3.63, 3.8) is 0 Å². The highest BCUT2D eigenvalue weighted by atomic mass is 16.6. The van der Waals surface area contributed by atoms with Gasteiger partial charge in [-0.15, -0.1) is 0 Å². The van der Waals surface area contributed by atoms with Crippen LogP contribution < -0.4 is 5.32 Å². The fraction of sp³-hybridized carbons (Fsp3) is 0.250. The predicted octanol–water partition coefficient (Wildman–Crippen LogP) is -0.637. The summed E-state index contributed by atoms with van der Waals surface area (Å²) in [4.78, 5) is 31.3. The number of hydrogen-bond donors (Lipinski definition) is 3. The zero-order chi connectivity index (χ0) is 13.0. The van der Waals surface area contributed by atoms with E-state index in [0.29, 0.717) is 0 Å². The van der Waals surface area contributed by atoms with Gasteiger partial charge in [-0.25, -0.2) is 4.79 Å². The van der Waals surface area contributed by atoms with E-state index in [0.717, 1.165) is 12.1 Å². The number of aliphatic hydroxyl groups is 1. The van der Waals surface area contributed by atoms with Crippen LogP contribution in [0.5, 0.6) is 0 Å². The number of carboxylic acids is 1. The van der Waals surface area contributed by atoms with E-state index in [4.69, 9.17) is 10.2 Å². The Kier molecular flexibility index (Phi) is 3.78. The van der Waals surface area contributed by atoms with Crippen molar-refractivity contribution in [1.82, 2.24) is 5.32 Å². The monoisotopic (exact) mass is 244 g/mol. The molecule has 3 N–H and O–H groups in total. The quantitative estimate of drug-likeness (QED) is 0.461. The SMILES string of the molecule is O=C(N[C@H](CO)C(=O)O)c1ccc([N+](=O)[O-])o1. The molecule has 92 valence electrons. The van der Waals surface area contributed by atoms with E-state index in [9.17, 15) is 19.7 Å². The summed E-state index contributed by atoms with van der Waals surface area (Å²) in [5, 5.41) is 29.4. The molecular weight excluding hydrogens is 236 g/mol. The second-order valence-electron chi connectivity index (χ2n) is 2.94. The Hall–Kier alpha value is -2.42. The van der Waals surface area contributed by atoms with Crippen LogP contribution in [0.1, 0.15) is 10.6 Å². The third-order valence-electron chi connectivity index (χ3n) is 1.78. The molecule has 0 unspecified atom stereocenters. The number of carbonyl (C=O) groups is 2. The highest BCUT2D eigenvalue weighted by Gasteiger charge is 2.23. The van der Waals surface area contributed by atoms with Crippen LogP contribution in [-0.2, 0) is 4.79 Å². The molecular formula is C8H8N2O7. The topological polar surface area (TPSA) is 143 Å². The molecule has 0 fully saturated rings. The van der Waals surface area contributed by atoms with Crippen LogP contribution >= 0.6 is 0 Å². The molecule has 1 aromatic rings. The Morgan fingerprint density at radius 1 is 1.53 bits per heavy atom. The lowest BCUT2D eigenvalue weighted by molar-refractivity contribution is -0.402. The van der Waals surface area contributed by atoms with Crippen LogP contribution in [0.3, 0.4) is 0 Å². The third kappa shape index (κ3) is 3.01. The molecule has 1 aromatic heterocycles. The normalized spacial score (nSPS) is 11.8. The van der Waals surface area contributed by atoms with E-state index in [1.54, 1.807) is 0 Å². The molecule has 1 rings (SSSR count). The number of nitrogens with zero attached hydrogens (tertiary/aromatic N) is 1. The Morgan fingerprint density at radius 2 is 2.18 bits per heavy atom. The summed E-state index contributed by atoms with van der Waals surface area (Å²) in [5.41, 5.74) is 0. The fourth-order valence-corrected chi connectivity index (χ4v) is 0.963. The number of aliphatic hydroxyl groups excluding tert-OH is 1. The number of rotatable bonds is 5. The van der Waals surface area contributed by atoms with Gasteiger partial charge in [0.1, 0.15) is 4.92 Å². The van der Waals surface area contributed by atoms with Crippen molar-refractivity contribution in [2.75, 3.05) is 6.61 Å². The first kappa shape index (κ1) is 12.6. The smallest absolute Gasteiger partial charge is 0.433 e. The van der Waals surface area contributed by atoms with Crippen LogP contribution in [0.15, 0.2) is 16.5 Å². The summed E-state index contributed by atoms with van der Waals surface area (Å²) < 4.78 is 4.55. The summed E-state index contributed by atoms with van der Waals surface area (Å²) in [6, 6.07) is 0.500. The number of aliphatic carboxylic acids is 1. The van der Waals surface area contributed by atoms with Crippen molar-refractivity contribution < 1.29 is 29.1 Å². The maximum absolute atomic E-state index is 11.4. The highest BCUT2D eigenvalue weighted by molar-refractivity contribution is 5.94. The zero-order valence-corrected chi connectivity index (χ0v) is 8.32. The molecule has 9 nitrogen and oxygen atoms in total. The van der Waals surface area contributed by atoms with E-state index in [1.165, 1.54) is 0 Å². The molecule has 1 amide bonds. The second-order valence-corrected chi connectivity index (χ2v) is 2.94. The minimum absolute atomic E-state index is 0.406. The predicted molar refractivity (Wildman–Crippen MR) is 51.3 cm³/mol. The van der Waals surface area contributed by atoms with Crippen molar-refractivity contribution in [3.05, 3.63) is 28.0 Å². The second kappa shape index (κ2) is 5.07. The van der Waals surface area contributed by atoms with Gasteiger partial charge in [-0.3, -0.25) is 14.9 Å². The van der Waals surface area contributed by atoms with Crippen molar-refractivity contribution >= 4 is 17.8 Å². The van der Waals surface area contributed by atoms with Gasteiger partial charge in [-0.2, -0.15) is 0 Å². The summed E-state index contributed by atoms with van der Waals surface area (Å²) in [7, 11) is 0. The first-order chi connectivity index (χ1) is 7.95. The lowest BCUT2D eigenvalue weighted by Crippen LogP contribution is -2.43. The molecule has 0 aromatic carbocycles. The molecule has 1 heterocycles. The molecule has 0 aliphatic carbocycles. The average Bonchev–Trinajstić information content (AvgIpc) is 2.74. The van der Waals surface area contributed by atoms with Crippen molar-refractivity contribution in [2.45, 2.75) is 6.04 Å². The highest BCUT2D eigenvalue weighted by Crippen LogP contribution is 2.15. The largest absolute Gasteiger partial charge is 0.480 e. The van der Waals surface area contributed by atoms with Gasteiger partial charge in [0.15, 0.2) is 11.8 Å². The number of hydrogen-bond acceptors (Lipinski definition) is 6. The Balaban J connectivity index is 2.75. The molecule has 9 heteroatoms. The summed E-state index contributed by atoms with van der Waals surface area (Å²) in [5.74, 6) is -3.43. The molecule has 17 heavy (non-hydrogen) atoms.